The van der Waals surface area contributed by atoms with Gasteiger partial charge >= 0.3 is 11.9 Å². The number of guanidine groups is 1. The highest BCUT2D eigenvalue weighted by Gasteiger charge is 2.25. The Labute approximate surface area is 166 Å². The number of carboxylic acid groups (broad SMARTS) is 2. The Morgan fingerprint density at radius 1 is 1.00 bits per heavy atom. The van der Waals surface area contributed by atoms with Crippen LogP contribution in [-0.2, 0) is 24.0 Å². The largest absolute Gasteiger partial charge is 0.481 e. The van der Waals surface area contributed by atoms with Gasteiger partial charge in [-0.05, 0) is 19.8 Å². The first-order valence-corrected chi connectivity index (χ1v) is 8.57. The number of aliphatic imine (C=N–C) groups is 1. The Balaban J connectivity index is 4.81. The lowest BCUT2D eigenvalue weighted by atomic mass is 10.1. The van der Waals surface area contributed by atoms with E-state index in [0.717, 1.165) is 0 Å². The van der Waals surface area contributed by atoms with Crippen molar-refractivity contribution >= 4 is 35.6 Å². The summed E-state index contributed by atoms with van der Waals surface area (Å²) in [6.45, 7) is 1.00. The molecule has 0 aliphatic heterocycles. The second-order valence-electron chi connectivity index (χ2n) is 6.07. The minimum absolute atomic E-state index is 0.128. The monoisotopic (exact) mass is 417 g/mol. The molecule has 0 aliphatic rings. The van der Waals surface area contributed by atoms with E-state index in [2.05, 4.69) is 15.6 Å². The molecule has 0 aliphatic carbocycles. The van der Waals surface area contributed by atoms with Crippen molar-refractivity contribution in [2.24, 2.45) is 22.2 Å². The number of amides is 3. The van der Waals surface area contributed by atoms with Crippen molar-refractivity contribution in [1.82, 2.24) is 16.0 Å². The van der Waals surface area contributed by atoms with Crippen molar-refractivity contribution in [3.8, 4) is 0 Å². The van der Waals surface area contributed by atoms with Crippen molar-refractivity contribution in [3.05, 3.63) is 0 Å². The van der Waals surface area contributed by atoms with Crippen LogP contribution < -0.4 is 33.2 Å². The molecule has 11 N–H and O–H groups in total. The maximum atomic E-state index is 12.3. The molecule has 0 aromatic rings. The molecule has 0 rings (SSSR count). The second-order valence-corrected chi connectivity index (χ2v) is 6.07. The van der Waals surface area contributed by atoms with Crippen LogP contribution in [0.15, 0.2) is 4.99 Å². The van der Waals surface area contributed by atoms with E-state index < -0.39 is 60.8 Å². The van der Waals surface area contributed by atoms with Crippen LogP contribution in [0.3, 0.4) is 0 Å². The van der Waals surface area contributed by atoms with Gasteiger partial charge in [0.25, 0.3) is 0 Å². The minimum Gasteiger partial charge on any atom is -0.481 e. The van der Waals surface area contributed by atoms with E-state index in [1.54, 1.807) is 0 Å². The molecule has 0 aromatic carbocycles. The zero-order chi connectivity index (χ0) is 22.6. The summed E-state index contributed by atoms with van der Waals surface area (Å²) in [6.07, 6.45) is -0.354. The van der Waals surface area contributed by atoms with Gasteiger partial charge in [-0.1, -0.05) is 0 Å². The molecule has 0 bridgehead atoms. The van der Waals surface area contributed by atoms with Gasteiger partial charge < -0.3 is 43.4 Å². The first-order valence-electron chi connectivity index (χ1n) is 8.57. The zero-order valence-corrected chi connectivity index (χ0v) is 15.9. The van der Waals surface area contributed by atoms with Gasteiger partial charge in [-0.15, -0.1) is 0 Å². The Hall–Kier alpha value is -3.42. The van der Waals surface area contributed by atoms with Crippen molar-refractivity contribution in [2.75, 3.05) is 13.1 Å². The second kappa shape index (κ2) is 12.9. The standard InChI is InChI=1S/C15H27N7O7/c1-7(16)12(26)22-8(3-2-4-19-15(17)18)13(27)20-6-10(23)21-9(14(28)29)5-11(24)25/h7-9H,2-6,16H2,1H3,(H,20,27)(H,21,23)(H,22,26)(H,24,25)(H,28,29)(H4,17,18,19)/t7-,8-,9-/m0/s1. The molecule has 0 spiro atoms. The van der Waals surface area contributed by atoms with Gasteiger partial charge in [0, 0.05) is 6.54 Å². The van der Waals surface area contributed by atoms with Crippen LogP contribution in [0.25, 0.3) is 0 Å². The fourth-order valence-corrected chi connectivity index (χ4v) is 1.99. The summed E-state index contributed by atoms with van der Waals surface area (Å²) < 4.78 is 0. The Kier molecular flexibility index (Phi) is 11.4. The molecule has 29 heavy (non-hydrogen) atoms. The quantitative estimate of drug-likeness (QED) is 0.0819. The van der Waals surface area contributed by atoms with Crippen LogP contribution in [0.2, 0.25) is 0 Å². The molecule has 0 unspecified atom stereocenters. The van der Waals surface area contributed by atoms with Gasteiger partial charge in [-0.2, -0.15) is 0 Å². The fourth-order valence-electron chi connectivity index (χ4n) is 1.99. The van der Waals surface area contributed by atoms with E-state index in [0.29, 0.717) is 6.42 Å². The van der Waals surface area contributed by atoms with Crippen molar-refractivity contribution < 1.29 is 34.2 Å². The van der Waals surface area contributed by atoms with E-state index in [-0.39, 0.29) is 18.9 Å². The molecular weight excluding hydrogens is 390 g/mol. The van der Waals surface area contributed by atoms with Crippen LogP contribution >= 0.6 is 0 Å². The minimum atomic E-state index is -1.65. The smallest absolute Gasteiger partial charge is 0.326 e. The highest BCUT2D eigenvalue weighted by molar-refractivity contribution is 5.93. The van der Waals surface area contributed by atoms with Gasteiger partial charge in [0.15, 0.2) is 5.96 Å². The number of nitrogens with two attached hydrogens (primary N) is 3. The van der Waals surface area contributed by atoms with E-state index in [1.165, 1.54) is 6.92 Å². The number of carbonyl (C=O) groups excluding carboxylic acids is 3. The molecular formula is C15H27N7O7. The van der Waals surface area contributed by atoms with Gasteiger partial charge in [0.05, 0.1) is 19.0 Å². The van der Waals surface area contributed by atoms with E-state index in [1.807, 2.05) is 5.32 Å². The number of carbonyl (C=O) groups is 5. The number of carboxylic acids is 2. The molecule has 3 amide bonds. The molecule has 0 fully saturated rings. The highest BCUT2D eigenvalue weighted by atomic mass is 16.4. The average Bonchev–Trinajstić information content (AvgIpc) is 2.60. The normalized spacial score (nSPS) is 13.3. The van der Waals surface area contributed by atoms with Gasteiger partial charge in [0.1, 0.15) is 12.1 Å². The molecule has 14 heteroatoms. The number of aliphatic carboxylic acids is 2. The summed E-state index contributed by atoms with van der Waals surface area (Å²) in [4.78, 5) is 61.2. The Morgan fingerprint density at radius 3 is 2.10 bits per heavy atom. The summed E-state index contributed by atoms with van der Waals surface area (Å²) in [5, 5.41) is 24.2. The molecule has 0 saturated heterocycles. The molecule has 0 radical (unpaired) electrons. The molecule has 164 valence electrons. The van der Waals surface area contributed by atoms with Crippen LogP contribution in [0.5, 0.6) is 0 Å². The maximum Gasteiger partial charge on any atom is 0.326 e. The van der Waals surface area contributed by atoms with Crippen LogP contribution in [0.1, 0.15) is 26.2 Å². The SMILES string of the molecule is C[C@H](N)C(=O)N[C@@H](CCCN=C(N)N)C(=O)NCC(=O)N[C@@H](CC(=O)O)C(=O)O. The van der Waals surface area contributed by atoms with Crippen LogP contribution in [0.4, 0.5) is 0 Å². The number of rotatable bonds is 13. The number of nitrogens with one attached hydrogen (secondary N) is 3. The maximum absolute atomic E-state index is 12.3. The Morgan fingerprint density at radius 2 is 1.62 bits per heavy atom. The summed E-state index contributed by atoms with van der Waals surface area (Å²) in [5.74, 6) is -5.30. The predicted octanol–water partition coefficient (Wildman–Crippen LogP) is -3.97. The summed E-state index contributed by atoms with van der Waals surface area (Å²) >= 11 is 0. The fraction of sp³-hybridized carbons (Fsp3) is 0.600. The zero-order valence-electron chi connectivity index (χ0n) is 15.9. The van der Waals surface area contributed by atoms with Crippen LogP contribution in [-0.4, -0.2) is 77.0 Å². The van der Waals surface area contributed by atoms with Gasteiger partial charge in [-0.25, -0.2) is 4.79 Å². The highest BCUT2D eigenvalue weighted by Crippen LogP contribution is 2.00. The third-order valence-electron chi connectivity index (χ3n) is 3.43. The lowest BCUT2D eigenvalue weighted by molar-refractivity contribution is -0.147. The summed E-state index contributed by atoms with van der Waals surface area (Å²) in [5.41, 5.74) is 15.9. The summed E-state index contributed by atoms with van der Waals surface area (Å²) in [7, 11) is 0. The van der Waals surface area contributed by atoms with Crippen molar-refractivity contribution in [1.29, 1.82) is 0 Å². The lowest BCUT2D eigenvalue weighted by Crippen LogP contribution is -2.53. The van der Waals surface area contributed by atoms with Crippen LogP contribution in [0, 0.1) is 0 Å². The summed E-state index contributed by atoms with van der Waals surface area (Å²) in [6, 6.07) is -3.56. The third-order valence-corrected chi connectivity index (χ3v) is 3.43. The van der Waals surface area contributed by atoms with E-state index in [9.17, 15) is 24.0 Å². The Bertz CT molecular complexity index is 647. The average molecular weight is 417 g/mol. The van der Waals surface area contributed by atoms with Crippen molar-refractivity contribution in [3.63, 3.8) is 0 Å². The predicted molar refractivity (Wildman–Crippen MR) is 100 cm³/mol. The van der Waals surface area contributed by atoms with E-state index >= 15 is 0 Å². The third kappa shape index (κ3) is 11.8. The molecule has 3 atom stereocenters. The number of hydrogen-bond acceptors (Lipinski definition) is 7. The number of nitrogens with zero attached hydrogens (tertiary/aromatic N) is 1. The van der Waals surface area contributed by atoms with Crippen molar-refractivity contribution in [2.45, 2.75) is 44.3 Å². The topological polar surface area (TPSA) is 252 Å². The first-order chi connectivity index (χ1) is 13.4. The number of hydrogen-bond donors (Lipinski definition) is 8. The van der Waals surface area contributed by atoms with E-state index in [4.69, 9.17) is 27.4 Å². The molecule has 0 heterocycles. The molecule has 14 nitrogen and oxygen atoms in total. The van der Waals surface area contributed by atoms with Gasteiger partial charge in [-0.3, -0.25) is 24.2 Å². The molecule has 0 aromatic heterocycles. The van der Waals surface area contributed by atoms with Gasteiger partial charge in [0.2, 0.25) is 17.7 Å². The molecule has 0 saturated carbocycles. The first kappa shape index (κ1) is 25.6. The lowest BCUT2D eigenvalue weighted by Gasteiger charge is -2.19.